The van der Waals surface area contributed by atoms with Crippen molar-refractivity contribution in [3.05, 3.63) is 46.3 Å². The molecule has 0 saturated carbocycles. The lowest BCUT2D eigenvalue weighted by atomic mass is 9.88. The molecule has 0 aliphatic heterocycles. The number of anilines is 2. The zero-order valence-corrected chi connectivity index (χ0v) is 15.4. The molecule has 24 heavy (non-hydrogen) atoms. The van der Waals surface area contributed by atoms with E-state index in [2.05, 4.69) is 17.6 Å². The number of hydrogen-bond acceptors (Lipinski definition) is 4. The van der Waals surface area contributed by atoms with E-state index < -0.39 is 0 Å². The normalized spacial score (nSPS) is 16.2. The molecule has 1 aliphatic rings. The van der Waals surface area contributed by atoms with Crippen molar-refractivity contribution in [2.24, 2.45) is 5.92 Å². The van der Waals surface area contributed by atoms with Crippen molar-refractivity contribution >= 4 is 45.3 Å². The van der Waals surface area contributed by atoms with Crippen molar-refractivity contribution in [2.75, 3.05) is 17.7 Å². The molecule has 3 rings (SSSR count). The summed E-state index contributed by atoms with van der Waals surface area (Å²) in [5, 5.41) is 7.57. The summed E-state index contributed by atoms with van der Waals surface area (Å²) in [7, 11) is 1.42. The number of thiophene rings is 1. The fourth-order valence-corrected chi connectivity index (χ4v) is 4.63. The summed E-state index contributed by atoms with van der Waals surface area (Å²) in [6, 6.07) is 9.71. The molecular weight excluding hydrogens is 340 g/mol. The minimum atomic E-state index is -0.299. The second-order valence-electron chi connectivity index (χ2n) is 5.99. The van der Waals surface area contributed by atoms with Gasteiger partial charge in [0.25, 0.3) is 0 Å². The van der Waals surface area contributed by atoms with Crippen molar-refractivity contribution in [1.82, 2.24) is 0 Å². The number of ether oxygens (including phenoxy) is 1. The van der Waals surface area contributed by atoms with Gasteiger partial charge in [-0.15, -0.1) is 11.3 Å². The SMILES string of the molecule is COC(=O)c1c(NC(=S)Nc2ccccc2)sc2c1CCC(C)C2. The number of nitrogens with one attached hydrogen (secondary N) is 2. The fourth-order valence-electron chi connectivity index (χ4n) is 2.94. The van der Waals surface area contributed by atoms with E-state index in [1.54, 1.807) is 11.3 Å². The van der Waals surface area contributed by atoms with Gasteiger partial charge in [0.2, 0.25) is 0 Å². The van der Waals surface area contributed by atoms with E-state index >= 15 is 0 Å². The van der Waals surface area contributed by atoms with E-state index in [4.69, 9.17) is 17.0 Å². The Morgan fingerprint density at radius 2 is 2.04 bits per heavy atom. The lowest BCUT2D eigenvalue weighted by molar-refractivity contribution is 0.0601. The standard InChI is InChI=1S/C18H20N2O2S2/c1-11-8-9-13-14(10-11)24-16(15(13)17(21)22-2)20-18(23)19-12-6-4-3-5-7-12/h3-7,11H,8-10H2,1-2H3,(H2,19,20,23). The largest absolute Gasteiger partial charge is 0.465 e. The van der Waals surface area contributed by atoms with Crippen molar-refractivity contribution in [3.8, 4) is 0 Å². The van der Waals surface area contributed by atoms with Crippen LogP contribution in [-0.2, 0) is 17.6 Å². The molecule has 4 nitrogen and oxygen atoms in total. The lowest BCUT2D eigenvalue weighted by Gasteiger charge is -2.18. The smallest absolute Gasteiger partial charge is 0.341 e. The molecule has 0 radical (unpaired) electrons. The van der Waals surface area contributed by atoms with Crippen LogP contribution in [0, 0.1) is 5.92 Å². The summed E-state index contributed by atoms with van der Waals surface area (Å²) in [5.74, 6) is 0.343. The Morgan fingerprint density at radius 3 is 2.75 bits per heavy atom. The summed E-state index contributed by atoms with van der Waals surface area (Å²) in [6.07, 6.45) is 3.02. The first-order chi connectivity index (χ1) is 11.6. The van der Waals surface area contributed by atoms with Gasteiger partial charge >= 0.3 is 5.97 Å². The monoisotopic (exact) mass is 360 g/mol. The Kier molecular flexibility index (Phi) is 5.16. The summed E-state index contributed by atoms with van der Waals surface area (Å²) < 4.78 is 4.99. The molecule has 0 amide bonds. The molecular formula is C18H20N2O2S2. The maximum absolute atomic E-state index is 12.3. The van der Waals surface area contributed by atoms with Gasteiger partial charge in [-0.2, -0.15) is 0 Å². The van der Waals surface area contributed by atoms with Crippen LogP contribution in [0.1, 0.15) is 34.1 Å². The van der Waals surface area contributed by atoms with Gasteiger partial charge in [0.05, 0.1) is 12.7 Å². The third kappa shape index (κ3) is 3.60. The second kappa shape index (κ2) is 7.32. The second-order valence-corrected chi connectivity index (χ2v) is 7.51. The third-order valence-corrected chi connectivity index (χ3v) is 5.53. The number of esters is 1. The van der Waals surface area contributed by atoms with E-state index in [-0.39, 0.29) is 5.97 Å². The summed E-state index contributed by atoms with van der Waals surface area (Å²) in [5.41, 5.74) is 2.67. The molecule has 1 aromatic carbocycles. The highest BCUT2D eigenvalue weighted by Crippen LogP contribution is 2.40. The third-order valence-electron chi connectivity index (χ3n) is 4.16. The molecule has 1 unspecified atom stereocenters. The predicted molar refractivity (Wildman–Crippen MR) is 103 cm³/mol. The van der Waals surface area contributed by atoms with Crippen LogP contribution in [0.3, 0.4) is 0 Å². The number of methoxy groups -OCH3 is 1. The van der Waals surface area contributed by atoms with Gasteiger partial charge in [0.15, 0.2) is 5.11 Å². The summed E-state index contributed by atoms with van der Waals surface area (Å²) >= 11 is 7.01. The number of hydrogen-bond donors (Lipinski definition) is 2. The quantitative estimate of drug-likeness (QED) is 0.625. The van der Waals surface area contributed by atoms with Gasteiger partial charge < -0.3 is 15.4 Å². The van der Waals surface area contributed by atoms with Crippen molar-refractivity contribution in [3.63, 3.8) is 0 Å². The highest BCUT2D eigenvalue weighted by Gasteiger charge is 2.28. The Morgan fingerprint density at radius 1 is 1.29 bits per heavy atom. The molecule has 1 heterocycles. The first-order valence-corrected chi connectivity index (χ1v) is 9.17. The van der Waals surface area contributed by atoms with E-state index in [1.165, 1.54) is 12.0 Å². The van der Waals surface area contributed by atoms with Crippen LogP contribution in [0.2, 0.25) is 0 Å². The first kappa shape index (κ1) is 16.9. The predicted octanol–water partition coefficient (Wildman–Crippen LogP) is 4.47. The summed E-state index contributed by atoms with van der Waals surface area (Å²) in [6.45, 7) is 2.25. The average Bonchev–Trinajstić information content (AvgIpc) is 2.91. The number of carbonyl (C=O) groups is 1. The number of rotatable bonds is 3. The molecule has 1 aliphatic carbocycles. The number of thiocarbonyl (C=S) groups is 1. The average molecular weight is 361 g/mol. The van der Waals surface area contributed by atoms with Crippen LogP contribution < -0.4 is 10.6 Å². The van der Waals surface area contributed by atoms with Gasteiger partial charge in [0.1, 0.15) is 5.00 Å². The maximum atomic E-state index is 12.3. The van der Waals surface area contributed by atoms with Crippen LogP contribution in [0.4, 0.5) is 10.7 Å². The van der Waals surface area contributed by atoms with E-state index in [1.807, 2.05) is 30.3 Å². The minimum absolute atomic E-state index is 0.299. The number of benzene rings is 1. The molecule has 1 aromatic heterocycles. The highest BCUT2D eigenvalue weighted by molar-refractivity contribution is 7.80. The number of fused-ring (bicyclic) bond motifs is 1. The van der Waals surface area contributed by atoms with E-state index in [0.29, 0.717) is 16.6 Å². The lowest BCUT2D eigenvalue weighted by Crippen LogP contribution is -2.20. The van der Waals surface area contributed by atoms with Gasteiger partial charge in [-0.1, -0.05) is 25.1 Å². The zero-order valence-electron chi connectivity index (χ0n) is 13.7. The molecule has 0 saturated heterocycles. The van der Waals surface area contributed by atoms with Gasteiger partial charge in [-0.25, -0.2) is 4.79 Å². The number of carbonyl (C=O) groups excluding carboxylic acids is 1. The highest BCUT2D eigenvalue weighted by atomic mass is 32.1. The Labute approximate surface area is 151 Å². The first-order valence-electron chi connectivity index (χ1n) is 7.94. The van der Waals surface area contributed by atoms with Crippen LogP contribution in [0.15, 0.2) is 30.3 Å². The van der Waals surface area contributed by atoms with Crippen LogP contribution >= 0.6 is 23.6 Å². The molecule has 1 atom stereocenters. The van der Waals surface area contributed by atoms with Crippen LogP contribution in [-0.4, -0.2) is 18.2 Å². The van der Waals surface area contributed by atoms with Gasteiger partial charge in [0, 0.05) is 10.6 Å². The Hall–Kier alpha value is -1.92. The number of para-hydroxylation sites is 1. The molecule has 0 spiro atoms. The van der Waals surface area contributed by atoms with Crippen LogP contribution in [0.5, 0.6) is 0 Å². The topological polar surface area (TPSA) is 50.4 Å². The molecule has 2 aromatic rings. The summed E-state index contributed by atoms with van der Waals surface area (Å²) in [4.78, 5) is 13.5. The van der Waals surface area contributed by atoms with E-state index in [0.717, 1.165) is 35.5 Å². The van der Waals surface area contributed by atoms with E-state index in [9.17, 15) is 4.79 Å². The maximum Gasteiger partial charge on any atom is 0.341 e. The molecule has 0 bridgehead atoms. The molecule has 0 fully saturated rings. The Bertz CT molecular complexity index is 756. The van der Waals surface area contributed by atoms with Crippen LogP contribution in [0.25, 0.3) is 0 Å². The van der Waals surface area contributed by atoms with Crippen molar-refractivity contribution < 1.29 is 9.53 Å². The zero-order chi connectivity index (χ0) is 17.1. The van der Waals surface area contributed by atoms with Gasteiger partial charge in [-0.05, 0) is 55.1 Å². The van der Waals surface area contributed by atoms with Crippen molar-refractivity contribution in [1.29, 1.82) is 0 Å². The molecule has 2 N–H and O–H groups in total. The molecule has 126 valence electrons. The molecule has 6 heteroatoms. The Balaban J connectivity index is 1.84. The van der Waals surface area contributed by atoms with Gasteiger partial charge in [-0.3, -0.25) is 0 Å². The fraction of sp³-hybridized carbons (Fsp3) is 0.333. The minimum Gasteiger partial charge on any atom is -0.465 e. The van der Waals surface area contributed by atoms with Crippen molar-refractivity contribution in [2.45, 2.75) is 26.2 Å².